The van der Waals surface area contributed by atoms with Crippen LogP contribution in [0.15, 0.2) is 11.6 Å². The monoisotopic (exact) mass is 239 g/mol. The lowest BCUT2D eigenvalue weighted by Crippen LogP contribution is -2.46. The van der Waals surface area contributed by atoms with Crippen molar-refractivity contribution in [2.75, 3.05) is 26.3 Å². The zero-order valence-corrected chi connectivity index (χ0v) is 11.7. The number of hydrogen-bond donors (Lipinski definition) is 0. The molecule has 0 spiro atoms. The minimum Gasteiger partial charge on any atom is -0.378 e. The first-order chi connectivity index (χ1) is 7.82. The number of rotatable bonds is 2. The molecule has 1 heterocycles. The number of ether oxygens (including phenoxy) is 1. The summed E-state index contributed by atoms with van der Waals surface area (Å²) in [6.45, 7) is 13.2. The fourth-order valence-corrected chi connectivity index (χ4v) is 2.01. The molecule has 98 valence electrons. The van der Waals surface area contributed by atoms with Crippen molar-refractivity contribution in [1.82, 2.24) is 4.90 Å². The van der Waals surface area contributed by atoms with Crippen molar-refractivity contribution < 1.29 is 9.53 Å². The van der Waals surface area contributed by atoms with E-state index in [1.54, 1.807) is 0 Å². The van der Waals surface area contributed by atoms with Crippen molar-refractivity contribution in [3.05, 3.63) is 11.6 Å². The summed E-state index contributed by atoms with van der Waals surface area (Å²) in [5.74, 6) is 0.201. The Labute approximate surface area is 105 Å². The summed E-state index contributed by atoms with van der Waals surface area (Å²) in [7, 11) is 0. The second-order valence-corrected chi connectivity index (χ2v) is 6.03. The lowest BCUT2D eigenvalue weighted by Gasteiger charge is -2.35. The number of carbonyl (C=O) groups is 1. The third-order valence-corrected chi connectivity index (χ3v) is 3.02. The van der Waals surface area contributed by atoms with Crippen LogP contribution in [0.25, 0.3) is 0 Å². The topological polar surface area (TPSA) is 29.5 Å². The summed E-state index contributed by atoms with van der Waals surface area (Å²) in [5, 5.41) is 0. The van der Waals surface area contributed by atoms with Crippen LogP contribution in [0.3, 0.4) is 0 Å². The molecule has 1 amide bonds. The first kappa shape index (κ1) is 14.2. The molecule has 1 aliphatic heterocycles. The summed E-state index contributed by atoms with van der Waals surface area (Å²) in [4.78, 5) is 14.4. The highest BCUT2D eigenvalue weighted by Crippen LogP contribution is 2.30. The number of carbonyl (C=O) groups excluding carboxylic acids is 1. The van der Waals surface area contributed by atoms with E-state index in [1.165, 1.54) is 5.57 Å². The smallest absolute Gasteiger partial charge is 0.230 e. The Balaban J connectivity index is 2.82. The summed E-state index contributed by atoms with van der Waals surface area (Å²) in [5.41, 5.74) is 1.17. The van der Waals surface area contributed by atoms with Gasteiger partial charge in [0.1, 0.15) is 0 Å². The number of allylic oxidation sites excluding steroid dienone is 1. The second kappa shape index (κ2) is 5.67. The molecule has 0 aromatic carbocycles. The van der Waals surface area contributed by atoms with Crippen LogP contribution >= 0.6 is 0 Å². The molecular weight excluding hydrogens is 214 g/mol. The quantitative estimate of drug-likeness (QED) is 0.693. The van der Waals surface area contributed by atoms with Crippen LogP contribution in [0.2, 0.25) is 0 Å². The van der Waals surface area contributed by atoms with E-state index in [4.69, 9.17) is 4.74 Å². The van der Waals surface area contributed by atoms with Gasteiger partial charge in [-0.2, -0.15) is 0 Å². The van der Waals surface area contributed by atoms with Crippen LogP contribution in [0, 0.1) is 11.3 Å². The van der Waals surface area contributed by atoms with E-state index in [2.05, 4.69) is 26.8 Å². The molecule has 1 unspecified atom stereocenters. The summed E-state index contributed by atoms with van der Waals surface area (Å²) < 4.78 is 5.29. The Hall–Kier alpha value is -0.830. The van der Waals surface area contributed by atoms with E-state index in [0.717, 1.165) is 13.1 Å². The van der Waals surface area contributed by atoms with Gasteiger partial charge in [0.05, 0.1) is 19.1 Å². The van der Waals surface area contributed by atoms with Gasteiger partial charge in [0.25, 0.3) is 0 Å². The van der Waals surface area contributed by atoms with Gasteiger partial charge in [-0.25, -0.2) is 0 Å². The van der Waals surface area contributed by atoms with E-state index >= 15 is 0 Å². The minimum absolute atomic E-state index is 0.0351. The van der Waals surface area contributed by atoms with Crippen LogP contribution in [0.5, 0.6) is 0 Å². The van der Waals surface area contributed by atoms with Crippen molar-refractivity contribution in [2.24, 2.45) is 11.3 Å². The number of amides is 1. The van der Waals surface area contributed by atoms with Gasteiger partial charge in [-0.05, 0) is 19.3 Å². The lowest BCUT2D eigenvalue weighted by molar-refractivity contribution is -0.141. The van der Waals surface area contributed by atoms with Gasteiger partial charge >= 0.3 is 0 Å². The third-order valence-electron chi connectivity index (χ3n) is 3.02. The fourth-order valence-electron chi connectivity index (χ4n) is 2.01. The molecule has 1 saturated heterocycles. The molecule has 0 aromatic heterocycles. The Bertz CT molecular complexity index is 292. The van der Waals surface area contributed by atoms with Gasteiger partial charge in [0, 0.05) is 13.1 Å². The van der Waals surface area contributed by atoms with Gasteiger partial charge in [0.2, 0.25) is 5.91 Å². The Morgan fingerprint density at radius 1 is 1.24 bits per heavy atom. The zero-order chi connectivity index (χ0) is 13.1. The Kier molecular flexibility index (Phi) is 4.75. The van der Waals surface area contributed by atoms with Crippen LogP contribution in [-0.2, 0) is 9.53 Å². The molecule has 3 heteroatoms. The highest BCUT2D eigenvalue weighted by atomic mass is 16.5. The van der Waals surface area contributed by atoms with Crippen molar-refractivity contribution >= 4 is 5.91 Å². The molecule has 1 rings (SSSR count). The van der Waals surface area contributed by atoms with E-state index < -0.39 is 0 Å². The molecule has 0 aromatic rings. The average Bonchev–Trinajstić information content (AvgIpc) is 2.24. The van der Waals surface area contributed by atoms with Gasteiger partial charge in [-0.15, -0.1) is 0 Å². The van der Waals surface area contributed by atoms with Gasteiger partial charge in [0.15, 0.2) is 0 Å². The molecule has 0 radical (unpaired) electrons. The molecule has 0 N–H and O–H groups in total. The molecule has 17 heavy (non-hydrogen) atoms. The summed E-state index contributed by atoms with van der Waals surface area (Å²) >= 11 is 0. The molecule has 0 aliphatic carbocycles. The van der Waals surface area contributed by atoms with E-state index in [0.29, 0.717) is 13.2 Å². The maximum Gasteiger partial charge on any atom is 0.230 e. The van der Waals surface area contributed by atoms with Crippen LogP contribution in [0.1, 0.15) is 34.6 Å². The second-order valence-electron chi connectivity index (χ2n) is 6.03. The molecule has 1 atom stereocenters. The van der Waals surface area contributed by atoms with E-state index in [1.807, 2.05) is 18.7 Å². The summed E-state index contributed by atoms with van der Waals surface area (Å²) in [6, 6.07) is 0. The first-order valence-corrected chi connectivity index (χ1v) is 6.34. The SMILES string of the molecule is CC(C)=CC(C(=O)N1CCOCC1)C(C)(C)C. The van der Waals surface area contributed by atoms with Crippen molar-refractivity contribution in [2.45, 2.75) is 34.6 Å². The average molecular weight is 239 g/mol. The largest absolute Gasteiger partial charge is 0.378 e. The lowest BCUT2D eigenvalue weighted by atomic mass is 9.79. The zero-order valence-electron chi connectivity index (χ0n) is 11.7. The maximum atomic E-state index is 12.5. The predicted octanol–water partition coefficient (Wildman–Crippen LogP) is 2.47. The molecule has 1 fully saturated rings. The summed E-state index contributed by atoms with van der Waals surface area (Å²) in [6.07, 6.45) is 2.10. The molecule has 1 aliphatic rings. The molecule has 0 saturated carbocycles. The Morgan fingerprint density at radius 3 is 2.18 bits per heavy atom. The van der Waals surface area contributed by atoms with Crippen molar-refractivity contribution in [3.8, 4) is 0 Å². The number of hydrogen-bond acceptors (Lipinski definition) is 2. The minimum atomic E-state index is -0.0365. The van der Waals surface area contributed by atoms with E-state index in [9.17, 15) is 4.79 Å². The normalized spacial score (nSPS) is 18.8. The van der Waals surface area contributed by atoms with Crippen molar-refractivity contribution in [1.29, 1.82) is 0 Å². The van der Waals surface area contributed by atoms with Crippen LogP contribution in [0.4, 0.5) is 0 Å². The molecular formula is C14H25NO2. The fraction of sp³-hybridized carbons (Fsp3) is 0.786. The van der Waals surface area contributed by atoms with Crippen molar-refractivity contribution in [3.63, 3.8) is 0 Å². The highest BCUT2D eigenvalue weighted by Gasteiger charge is 2.33. The predicted molar refractivity (Wildman–Crippen MR) is 69.8 cm³/mol. The van der Waals surface area contributed by atoms with Crippen LogP contribution < -0.4 is 0 Å². The molecule has 0 bridgehead atoms. The number of morpholine rings is 1. The first-order valence-electron chi connectivity index (χ1n) is 6.34. The number of nitrogens with zero attached hydrogens (tertiary/aromatic N) is 1. The van der Waals surface area contributed by atoms with Crippen LogP contribution in [-0.4, -0.2) is 37.1 Å². The maximum absolute atomic E-state index is 12.5. The molecule has 3 nitrogen and oxygen atoms in total. The van der Waals surface area contributed by atoms with E-state index in [-0.39, 0.29) is 17.2 Å². The van der Waals surface area contributed by atoms with Gasteiger partial charge in [-0.3, -0.25) is 4.79 Å². The third kappa shape index (κ3) is 4.15. The van der Waals surface area contributed by atoms with Gasteiger partial charge in [-0.1, -0.05) is 32.4 Å². The highest BCUT2D eigenvalue weighted by molar-refractivity contribution is 5.81. The standard InChI is InChI=1S/C14H25NO2/c1-11(2)10-12(14(3,4)5)13(16)15-6-8-17-9-7-15/h10,12H,6-9H2,1-5H3. The van der Waals surface area contributed by atoms with Gasteiger partial charge < -0.3 is 9.64 Å². The Morgan fingerprint density at radius 2 is 1.76 bits per heavy atom.